The summed E-state index contributed by atoms with van der Waals surface area (Å²) in [4.78, 5) is 11.8. The van der Waals surface area contributed by atoms with Crippen LogP contribution >= 0.6 is 46.3 Å². The van der Waals surface area contributed by atoms with E-state index in [0.717, 1.165) is 10.1 Å². The number of rotatable bonds is 8. The fourth-order valence-corrected chi connectivity index (χ4v) is 3.76. The smallest absolute Gasteiger partial charge is 0.226 e. The van der Waals surface area contributed by atoms with E-state index in [-0.39, 0.29) is 5.91 Å². The van der Waals surface area contributed by atoms with Gasteiger partial charge in [-0.25, -0.2) is 0 Å². The lowest BCUT2D eigenvalue weighted by Gasteiger charge is -2.07. The number of hydrogen-bond acceptors (Lipinski definition) is 6. The number of anilines is 1. The van der Waals surface area contributed by atoms with Gasteiger partial charge < -0.3 is 10.1 Å². The summed E-state index contributed by atoms with van der Waals surface area (Å²) in [5, 5.41) is 12.2. The second-order valence-electron chi connectivity index (χ2n) is 4.38. The molecule has 0 aliphatic heterocycles. The van der Waals surface area contributed by atoms with Crippen LogP contribution in [0.25, 0.3) is 0 Å². The highest BCUT2D eigenvalue weighted by molar-refractivity contribution is 8.01. The number of ether oxygens (including phenoxy) is 1. The summed E-state index contributed by atoms with van der Waals surface area (Å²) >= 11 is 14.8. The Morgan fingerprint density at radius 3 is 2.96 bits per heavy atom. The Kier molecular flexibility index (Phi) is 7.42. The summed E-state index contributed by atoms with van der Waals surface area (Å²) in [6, 6.07) is 5.03. The topological polar surface area (TPSA) is 64.1 Å². The molecule has 0 bridgehead atoms. The Bertz CT molecular complexity index is 667. The molecule has 0 atom stereocenters. The molecule has 2 rings (SSSR count). The minimum atomic E-state index is -0.111. The monoisotopic (exact) mass is 391 g/mol. The van der Waals surface area contributed by atoms with E-state index in [4.69, 9.17) is 27.9 Å². The maximum absolute atomic E-state index is 11.8. The highest BCUT2D eigenvalue weighted by Gasteiger charge is 2.08. The lowest BCUT2D eigenvalue weighted by molar-refractivity contribution is -0.116. The minimum Gasteiger partial charge on any atom is -0.492 e. The number of thioether (sulfide) groups is 1. The minimum absolute atomic E-state index is 0.111. The molecule has 0 unspecified atom stereocenters. The average Bonchev–Trinajstić information content (AvgIpc) is 2.93. The molecule has 1 aromatic carbocycles. The number of carbonyl (C=O) groups is 1. The summed E-state index contributed by atoms with van der Waals surface area (Å²) in [5.41, 5.74) is 0. The number of halogens is 2. The molecule has 0 saturated heterocycles. The second-order valence-corrected chi connectivity index (χ2v) is 7.71. The van der Waals surface area contributed by atoms with Crippen molar-refractivity contribution in [3.05, 3.63) is 28.2 Å². The highest BCUT2D eigenvalue weighted by Crippen LogP contribution is 2.28. The first-order valence-corrected chi connectivity index (χ1v) is 9.48. The Morgan fingerprint density at radius 1 is 1.39 bits per heavy atom. The van der Waals surface area contributed by atoms with Crippen LogP contribution in [0.5, 0.6) is 5.75 Å². The first kappa shape index (κ1) is 18.3. The van der Waals surface area contributed by atoms with E-state index in [1.807, 2.05) is 6.92 Å². The normalized spacial score (nSPS) is 10.6. The van der Waals surface area contributed by atoms with Gasteiger partial charge in [0.15, 0.2) is 4.34 Å². The largest absolute Gasteiger partial charge is 0.492 e. The Labute approximate surface area is 152 Å². The molecule has 0 spiro atoms. The maximum Gasteiger partial charge on any atom is 0.226 e. The predicted molar refractivity (Wildman–Crippen MR) is 96.1 cm³/mol. The molecule has 1 amide bonds. The molecule has 1 N–H and O–H groups in total. The molecule has 0 aliphatic carbocycles. The Hall–Kier alpha value is -1.02. The van der Waals surface area contributed by atoms with Crippen molar-refractivity contribution in [1.82, 2.24) is 10.2 Å². The van der Waals surface area contributed by atoms with Crippen LogP contribution in [-0.4, -0.2) is 28.5 Å². The SMILES string of the molecule is CCSc1nnc(NC(=O)CCCOc2ccc(Cl)cc2Cl)s1. The number of hydrogen-bond donors (Lipinski definition) is 1. The van der Waals surface area contributed by atoms with Crippen molar-refractivity contribution in [2.24, 2.45) is 0 Å². The number of nitrogens with one attached hydrogen (secondary N) is 1. The third-order valence-electron chi connectivity index (χ3n) is 2.62. The third-order valence-corrected chi connectivity index (χ3v) is 5.00. The molecule has 5 nitrogen and oxygen atoms in total. The Balaban J connectivity index is 1.70. The zero-order chi connectivity index (χ0) is 16.7. The van der Waals surface area contributed by atoms with Crippen LogP contribution in [0, 0.1) is 0 Å². The van der Waals surface area contributed by atoms with Gasteiger partial charge in [-0.1, -0.05) is 53.2 Å². The molecule has 23 heavy (non-hydrogen) atoms. The van der Waals surface area contributed by atoms with Crippen LogP contribution < -0.4 is 10.1 Å². The van der Waals surface area contributed by atoms with Gasteiger partial charge in [-0.05, 0) is 30.4 Å². The molecule has 0 fully saturated rings. The number of nitrogens with zero attached hydrogens (tertiary/aromatic N) is 2. The molecule has 0 saturated carbocycles. The average molecular weight is 392 g/mol. The lowest BCUT2D eigenvalue weighted by atomic mass is 10.3. The van der Waals surface area contributed by atoms with Gasteiger partial charge in [0, 0.05) is 11.4 Å². The standard InChI is InChI=1S/C14H15Cl2N3O2S2/c1-2-22-14-19-18-13(23-14)17-12(20)4-3-7-21-11-6-5-9(15)8-10(11)16/h5-6,8H,2-4,7H2,1H3,(H,17,18,20). The summed E-state index contributed by atoms with van der Waals surface area (Å²) in [6.45, 7) is 2.43. The van der Waals surface area contributed by atoms with E-state index in [1.54, 1.807) is 30.0 Å². The number of amides is 1. The van der Waals surface area contributed by atoms with Crippen molar-refractivity contribution in [2.75, 3.05) is 17.7 Å². The lowest BCUT2D eigenvalue weighted by Crippen LogP contribution is -2.12. The van der Waals surface area contributed by atoms with Crippen LogP contribution in [0.15, 0.2) is 22.5 Å². The molecule has 124 valence electrons. The van der Waals surface area contributed by atoms with Gasteiger partial charge >= 0.3 is 0 Å². The van der Waals surface area contributed by atoms with Gasteiger partial charge in [-0.3, -0.25) is 4.79 Å². The van der Waals surface area contributed by atoms with Crippen molar-refractivity contribution in [3.63, 3.8) is 0 Å². The fourth-order valence-electron chi connectivity index (χ4n) is 1.63. The molecule has 1 heterocycles. The van der Waals surface area contributed by atoms with E-state index in [0.29, 0.717) is 40.4 Å². The van der Waals surface area contributed by atoms with E-state index >= 15 is 0 Å². The molecule has 0 radical (unpaired) electrons. The van der Waals surface area contributed by atoms with E-state index in [1.165, 1.54) is 11.3 Å². The zero-order valence-corrected chi connectivity index (χ0v) is 15.5. The quantitative estimate of drug-likeness (QED) is 0.399. The summed E-state index contributed by atoms with van der Waals surface area (Å²) in [6.07, 6.45) is 0.904. The first-order valence-electron chi connectivity index (χ1n) is 6.92. The summed E-state index contributed by atoms with van der Waals surface area (Å²) < 4.78 is 6.38. The van der Waals surface area contributed by atoms with E-state index in [2.05, 4.69) is 15.5 Å². The molecule has 1 aromatic heterocycles. The second kappa shape index (κ2) is 9.32. The molecule has 2 aromatic rings. The molecule has 9 heteroatoms. The van der Waals surface area contributed by atoms with Crippen LogP contribution in [0.4, 0.5) is 5.13 Å². The molecular formula is C14H15Cl2N3O2S2. The third kappa shape index (κ3) is 6.18. The van der Waals surface area contributed by atoms with Crippen molar-refractivity contribution < 1.29 is 9.53 Å². The van der Waals surface area contributed by atoms with Crippen LogP contribution in [0.2, 0.25) is 10.0 Å². The van der Waals surface area contributed by atoms with Gasteiger partial charge in [0.2, 0.25) is 11.0 Å². The van der Waals surface area contributed by atoms with Crippen molar-refractivity contribution in [1.29, 1.82) is 0 Å². The van der Waals surface area contributed by atoms with Crippen molar-refractivity contribution >= 4 is 57.3 Å². The number of benzene rings is 1. The van der Waals surface area contributed by atoms with E-state index < -0.39 is 0 Å². The fraction of sp³-hybridized carbons (Fsp3) is 0.357. The molecule has 0 aliphatic rings. The maximum atomic E-state index is 11.8. The van der Waals surface area contributed by atoms with Gasteiger partial charge in [0.05, 0.1) is 11.6 Å². The van der Waals surface area contributed by atoms with Gasteiger partial charge in [-0.2, -0.15) is 0 Å². The number of carbonyl (C=O) groups excluding carboxylic acids is 1. The summed E-state index contributed by atoms with van der Waals surface area (Å²) in [5.74, 6) is 1.37. The van der Waals surface area contributed by atoms with Crippen LogP contribution in [0.1, 0.15) is 19.8 Å². The van der Waals surface area contributed by atoms with Crippen LogP contribution in [0.3, 0.4) is 0 Å². The first-order chi connectivity index (χ1) is 11.1. The Morgan fingerprint density at radius 2 is 2.22 bits per heavy atom. The molecular weight excluding hydrogens is 377 g/mol. The summed E-state index contributed by atoms with van der Waals surface area (Å²) in [7, 11) is 0. The van der Waals surface area contributed by atoms with Crippen LogP contribution in [-0.2, 0) is 4.79 Å². The zero-order valence-electron chi connectivity index (χ0n) is 12.3. The predicted octanol–water partition coefficient (Wildman–Crippen LogP) is 4.75. The van der Waals surface area contributed by atoms with Crippen molar-refractivity contribution in [2.45, 2.75) is 24.1 Å². The van der Waals surface area contributed by atoms with Crippen molar-refractivity contribution in [3.8, 4) is 5.75 Å². The highest BCUT2D eigenvalue weighted by atomic mass is 35.5. The van der Waals surface area contributed by atoms with Gasteiger partial charge in [0.25, 0.3) is 0 Å². The number of aromatic nitrogens is 2. The van der Waals surface area contributed by atoms with Gasteiger partial charge in [-0.15, -0.1) is 10.2 Å². The van der Waals surface area contributed by atoms with E-state index in [9.17, 15) is 4.79 Å². The van der Waals surface area contributed by atoms with Gasteiger partial charge in [0.1, 0.15) is 5.75 Å².